The summed E-state index contributed by atoms with van der Waals surface area (Å²) in [4.78, 5) is 27.3. The fourth-order valence-corrected chi connectivity index (χ4v) is 1.91. The molecule has 0 bridgehead atoms. The van der Waals surface area contributed by atoms with Gasteiger partial charge in [-0.15, -0.1) is 0 Å². The number of pyridine rings is 1. The predicted octanol–water partition coefficient (Wildman–Crippen LogP) is 0.865. The summed E-state index contributed by atoms with van der Waals surface area (Å²) in [5.74, 6) is -0.483. The highest BCUT2D eigenvalue weighted by molar-refractivity contribution is 6.35. The van der Waals surface area contributed by atoms with Gasteiger partial charge in [0.1, 0.15) is 11.5 Å². The van der Waals surface area contributed by atoms with Gasteiger partial charge in [-0.1, -0.05) is 0 Å². The van der Waals surface area contributed by atoms with Gasteiger partial charge in [0, 0.05) is 24.5 Å². The minimum Gasteiger partial charge on any atom is -0.497 e. The number of carbonyl (C=O) groups is 2. The normalized spacial score (nSPS) is 10.3. The Kier molecular flexibility index (Phi) is 6.47. The molecule has 0 radical (unpaired) electrons. The van der Waals surface area contributed by atoms with Crippen molar-refractivity contribution < 1.29 is 19.1 Å². The number of nitrogens with zero attached hydrogens (tertiary/aromatic N) is 2. The van der Waals surface area contributed by atoms with Gasteiger partial charge in [-0.25, -0.2) is 5.43 Å². The second kappa shape index (κ2) is 9.02. The average molecular weight is 342 g/mol. The maximum Gasteiger partial charge on any atom is 0.329 e. The number of hydrazone groups is 1. The predicted molar refractivity (Wildman–Crippen MR) is 91.4 cm³/mol. The zero-order chi connectivity index (χ0) is 18.1. The number of hydrogen-bond donors (Lipinski definition) is 2. The molecule has 0 fully saturated rings. The van der Waals surface area contributed by atoms with Crippen LogP contribution in [-0.4, -0.2) is 37.2 Å². The number of aromatic nitrogens is 1. The zero-order valence-electron chi connectivity index (χ0n) is 13.9. The number of nitrogens with one attached hydrogen (secondary N) is 2. The maximum absolute atomic E-state index is 11.7. The van der Waals surface area contributed by atoms with Crippen molar-refractivity contribution in [2.24, 2.45) is 5.10 Å². The van der Waals surface area contributed by atoms with Gasteiger partial charge in [-0.05, 0) is 35.9 Å². The molecule has 130 valence electrons. The Balaban J connectivity index is 1.90. The maximum atomic E-state index is 11.7. The second-order valence-electron chi connectivity index (χ2n) is 4.85. The van der Waals surface area contributed by atoms with Crippen molar-refractivity contribution in [2.45, 2.75) is 6.54 Å². The first kappa shape index (κ1) is 17.9. The van der Waals surface area contributed by atoms with Crippen molar-refractivity contribution >= 4 is 18.0 Å². The molecule has 8 nitrogen and oxygen atoms in total. The number of ether oxygens (including phenoxy) is 2. The van der Waals surface area contributed by atoms with Gasteiger partial charge in [0.15, 0.2) is 0 Å². The van der Waals surface area contributed by atoms with Gasteiger partial charge in [0.25, 0.3) is 0 Å². The molecule has 1 aromatic carbocycles. The fraction of sp³-hybridized carbons (Fsp3) is 0.176. The molecule has 0 saturated carbocycles. The van der Waals surface area contributed by atoms with Gasteiger partial charge in [-0.2, -0.15) is 5.10 Å². The molecule has 2 rings (SSSR count). The molecule has 1 heterocycles. The van der Waals surface area contributed by atoms with Crippen molar-refractivity contribution in [3.8, 4) is 11.5 Å². The van der Waals surface area contributed by atoms with E-state index in [0.717, 1.165) is 5.56 Å². The molecular formula is C17H18N4O4. The molecule has 0 aliphatic rings. The van der Waals surface area contributed by atoms with Crippen molar-refractivity contribution in [3.63, 3.8) is 0 Å². The Morgan fingerprint density at radius 1 is 1.12 bits per heavy atom. The van der Waals surface area contributed by atoms with Crippen LogP contribution in [0.1, 0.15) is 11.1 Å². The Hall–Kier alpha value is -3.42. The summed E-state index contributed by atoms with van der Waals surface area (Å²) in [6.07, 6.45) is 4.58. The van der Waals surface area contributed by atoms with E-state index in [0.29, 0.717) is 17.1 Å². The van der Waals surface area contributed by atoms with E-state index in [2.05, 4.69) is 20.8 Å². The summed E-state index contributed by atoms with van der Waals surface area (Å²) in [7, 11) is 3.06. The summed E-state index contributed by atoms with van der Waals surface area (Å²) in [6.45, 7) is 0.224. The average Bonchev–Trinajstić information content (AvgIpc) is 2.66. The minimum absolute atomic E-state index is 0.224. The summed E-state index contributed by atoms with van der Waals surface area (Å²) in [6, 6.07) is 8.62. The zero-order valence-corrected chi connectivity index (χ0v) is 13.9. The highest BCUT2D eigenvalue weighted by Crippen LogP contribution is 2.22. The number of rotatable bonds is 6. The molecule has 0 spiro atoms. The molecule has 8 heteroatoms. The summed E-state index contributed by atoms with van der Waals surface area (Å²) in [5, 5.41) is 6.26. The van der Waals surface area contributed by atoms with Gasteiger partial charge >= 0.3 is 11.8 Å². The Labute approximate surface area is 144 Å². The van der Waals surface area contributed by atoms with E-state index >= 15 is 0 Å². The lowest BCUT2D eigenvalue weighted by Crippen LogP contribution is -2.37. The molecule has 0 unspecified atom stereocenters. The lowest BCUT2D eigenvalue weighted by atomic mass is 10.2. The number of hydrogen-bond acceptors (Lipinski definition) is 6. The first-order valence-electron chi connectivity index (χ1n) is 7.36. The first-order valence-corrected chi connectivity index (χ1v) is 7.36. The van der Waals surface area contributed by atoms with E-state index in [9.17, 15) is 9.59 Å². The number of amides is 2. The topological polar surface area (TPSA) is 102 Å². The Morgan fingerprint density at radius 3 is 2.56 bits per heavy atom. The molecule has 2 amide bonds. The van der Waals surface area contributed by atoms with Crippen LogP contribution in [0.2, 0.25) is 0 Å². The number of benzene rings is 1. The number of carbonyl (C=O) groups excluding carboxylic acids is 2. The van der Waals surface area contributed by atoms with Gasteiger partial charge in [-0.3, -0.25) is 14.6 Å². The number of methoxy groups -OCH3 is 2. The van der Waals surface area contributed by atoms with Crippen LogP contribution < -0.4 is 20.2 Å². The SMILES string of the molecule is COc1ccc(OC)c(/C=N\NC(=O)C(=O)NCc2ccncc2)c1. The second-order valence-corrected chi connectivity index (χ2v) is 4.85. The smallest absolute Gasteiger partial charge is 0.329 e. The van der Waals surface area contributed by atoms with E-state index in [1.165, 1.54) is 20.4 Å². The van der Waals surface area contributed by atoms with Crippen LogP contribution in [0, 0.1) is 0 Å². The summed E-state index contributed by atoms with van der Waals surface area (Å²) in [5.41, 5.74) is 3.60. The van der Waals surface area contributed by atoms with Crippen LogP contribution in [0.5, 0.6) is 11.5 Å². The highest BCUT2D eigenvalue weighted by atomic mass is 16.5. The van der Waals surface area contributed by atoms with Gasteiger partial charge < -0.3 is 14.8 Å². The van der Waals surface area contributed by atoms with Gasteiger partial charge in [0.2, 0.25) is 0 Å². The molecular weight excluding hydrogens is 324 g/mol. The molecule has 2 aromatic rings. The molecule has 0 saturated heterocycles. The standard InChI is InChI=1S/C17H18N4O4/c1-24-14-3-4-15(25-2)13(9-14)11-20-21-17(23)16(22)19-10-12-5-7-18-8-6-12/h3-9,11H,10H2,1-2H3,(H,19,22)(H,21,23)/b20-11-. The largest absolute Gasteiger partial charge is 0.497 e. The Morgan fingerprint density at radius 2 is 1.88 bits per heavy atom. The first-order chi connectivity index (χ1) is 12.1. The molecule has 0 aliphatic carbocycles. The molecule has 1 aromatic heterocycles. The quantitative estimate of drug-likeness (QED) is 0.461. The van der Waals surface area contributed by atoms with E-state index < -0.39 is 11.8 Å². The monoisotopic (exact) mass is 342 g/mol. The van der Waals surface area contributed by atoms with Crippen molar-refractivity contribution in [2.75, 3.05) is 14.2 Å². The molecule has 0 aliphatic heterocycles. The van der Waals surface area contributed by atoms with E-state index in [1.54, 1.807) is 42.7 Å². The lowest BCUT2D eigenvalue weighted by Gasteiger charge is -2.07. The lowest BCUT2D eigenvalue weighted by molar-refractivity contribution is -0.139. The Bertz CT molecular complexity index is 762. The molecule has 2 N–H and O–H groups in total. The van der Waals surface area contributed by atoms with Gasteiger partial charge in [0.05, 0.1) is 20.4 Å². The summed E-state index contributed by atoms with van der Waals surface area (Å²) >= 11 is 0. The third-order valence-electron chi connectivity index (χ3n) is 3.22. The van der Waals surface area contributed by atoms with Crippen molar-refractivity contribution in [1.82, 2.24) is 15.7 Å². The molecule has 0 atom stereocenters. The van der Waals surface area contributed by atoms with Crippen LogP contribution in [0.25, 0.3) is 0 Å². The molecule has 25 heavy (non-hydrogen) atoms. The van der Waals surface area contributed by atoms with E-state index in [4.69, 9.17) is 9.47 Å². The van der Waals surface area contributed by atoms with Crippen LogP contribution >= 0.6 is 0 Å². The van der Waals surface area contributed by atoms with Crippen LogP contribution in [0.4, 0.5) is 0 Å². The van der Waals surface area contributed by atoms with E-state index in [1.807, 2.05) is 0 Å². The van der Waals surface area contributed by atoms with Crippen molar-refractivity contribution in [3.05, 3.63) is 53.9 Å². The van der Waals surface area contributed by atoms with Crippen LogP contribution in [0.3, 0.4) is 0 Å². The third kappa shape index (κ3) is 5.31. The summed E-state index contributed by atoms with van der Waals surface area (Å²) < 4.78 is 10.3. The van der Waals surface area contributed by atoms with E-state index in [-0.39, 0.29) is 6.54 Å². The van der Waals surface area contributed by atoms with Crippen LogP contribution in [0.15, 0.2) is 47.8 Å². The highest BCUT2D eigenvalue weighted by Gasteiger charge is 2.12. The minimum atomic E-state index is -0.868. The van der Waals surface area contributed by atoms with Crippen LogP contribution in [-0.2, 0) is 16.1 Å². The van der Waals surface area contributed by atoms with Crippen molar-refractivity contribution in [1.29, 1.82) is 0 Å². The third-order valence-corrected chi connectivity index (χ3v) is 3.22. The fourth-order valence-electron chi connectivity index (χ4n) is 1.91.